The van der Waals surface area contributed by atoms with Crippen LogP contribution in [0.4, 0.5) is 5.69 Å². The topological polar surface area (TPSA) is 71.3 Å². The van der Waals surface area contributed by atoms with Crippen LogP contribution in [0.25, 0.3) is 6.08 Å². The third-order valence-corrected chi connectivity index (χ3v) is 3.97. The number of methoxy groups -OCH3 is 2. The van der Waals surface area contributed by atoms with E-state index >= 15 is 0 Å². The molecular formula is C18H13Cl3N2O3. The van der Waals surface area contributed by atoms with Crippen molar-refractivity contribution < 1.29 is 14.3 Å². The van der Waals surface area contributed by atoms with Crippen LogP contribution in [0.2, 0.25) is 15.1 Å². The number of ether oxygens (including phenoxy) is 2. The highest BCUT2D eigenvalue weighted by atomic mass is 35.5. The van der Waals surface area contributed by atoms with Crippen molar-refractivity contribution in [2.75, 3.05) is 19.5 Å². The molecule has 0 unspecified atom stereocenters. The Balaban J connectivity index is 2.34. The number of rotatable bonds is 5. The molecule has 0 aliphatic rings. The summed E-state index contributed by atoms with van der Waals surface area (Å²) in [6, 6.07) is 9.59. The number of hydrogen-bond acceptors (Lipinski definition) is 4. The lowest BCUT2D eigenvalue weighted by molar-refractivity contribution is -0.112. The minimum atomic E-state index is -0.614. The normalized spacial score (nSPS) is 10.8. The van der Waals surface area contributed by atoms with E-state index < -0.39 is 5.91 Å². The second-order valence-corrected chi connectivity index (χ2v) is 6.30. The molecule has 5 nitrogen and oxygen atoms in total. The molecule has 0 aromatic heterocycles. The van der Waals surface area contributed by atoms with E-state index in [4.69, 9.17) is 44.3 Å². The first-order valence-corrected chi connectivity index (χ1v) is 8.32. The van der Waals surface area contributed by atoms with Crippen LogP contribution in [0.1, 0.15) is 5.56 Å². The summed E-state index contributed by atoms with van der Waals surface area (Å²) in [6.45, 7) is 0. The fourth-order valence-corrected chi connectivity index (χ4v) is 2.98. The first-order chi connectivity index (χ1) is 12.4. The van der Waals surface area contributed by atoms with Gasteiger partial charge in [-0.05, 0) is 42.0 Å². The fraction of sp³-hybridized carbons (Fsp3) is 0.111. The summed E-state index contributed by atoms with van der Waals surface area (Å²) in [7, 11) is 2.92. The second-order valence-electron chi connectivity index (χ2n) is 5.02. The number of amides is 1. The zero-order valence-electron chi connectivity index (χ0n) is 13.8. The summed E-state index contributed by atoms with van der Waals surface area (Å²) < 4.78 is 10.4. The summed E-state index contributed by atoms with van der Waals surface area (Å²) in [5.41, 5.74) is 0.742. The van der Waals surface area contributed by atoms with Crippen molar-refractivity contribution in [2.45, 2.75) is 0 Å². The van der Waals surface area contributed by atoms with Crippen LogP contribution in [0, 0.1) is 11.3 Å². The van der Waals surface area contributed by atoms with Crippen molar-refractivity contribution in [3.05, 3.63) is 56.5 Å². The molecule has 0 aliphatic heterocycles. The summed E-state index contributed by atoms with van der Waals surface area (Å²) >= 11 is 17.9. The molecule has 134 valence electrons. The van der Waals surface area contributed by atoms with Gasteiger partial charge < -0.3 is 14.8 Å². The molecule has 0 aliphatic carbocycles. The lowest BCUT2D eigenvalue weighted by atomic mass is 10.1. The van der Waals surface area contributed by atoms with Gasteiger partial charge in [-0.1, -0.05) is 34.8 Å². The molecule has 2 aromatic rings. The van der Waals surface area contributed by atoms with Gasteiger partial charge in [0.25, 0.3) is 5.91 Å². The van der Waals surface area contributed by atoms with Crippen molar-refractivity contribution in [3.63, 3.8) is 0 Å². The highest BCUT2D eigenvalue weighted by Gasteiger charge is 2.14. The van der Waals surface area contributed by atoms with Gasteiger partial charge in [0.05, 0.1) is 19.2 Å². The average Bonchev–Trinajstić information content (AvgIpc) is 2.57. The standard InChI is InChI=1S/C18H13Cl3N2O3/c1-25-16-5-10(4-15(21)17(16)26-2)3-11(9-22)18(24)23-14-7-12(19)6-13(20)8-14/h3-8H,1-2H3,(H,23,24). The van der Waals surface area contributed by atoms with Gasteiger partial charge in [-0.25, -0.2) is 0 Å². The van der Waals surface area contributed by atoms with Gasteiger partial charge in [-0.3, -0.25) is 4.79 Å². The van der Waals surface area contributed by atoms with Gasteiger partial charge in [-0.15, -0.1) is 0 Å². The SMILES string of the molecule is COc1cc(C=C(C#N)C(=O)Nc2cc(Cl)cc(Cl)c2)cc(Cl)c1OC. The zero-order valence-corrected chi connectivity index (χ0v) is 16.0. The van der Waals surface area contributed by atoms with Crippen LogP contribution >= 0.6 is 34.8 Å². The van der Waals surface area contributed by atoms with E-state index in [0.717, 1.165) is 0 Å². The third kappa shape index (κ3) is 4.83. The lowest BCUT2D eigenvalue weighted by Gasteiger charge is -2.10. The molecule has 0 fully saturated rings. The predicted molar refractivity (Wildman–Crippen MR) is 103 cm³/mol. The monoisotopic (exact) mass is 410 g/mol. The Bertz CT molecular complexity index is 900. The highest BCUT2D eigenvalue weighted by Crippen LogP contribution is 2.36. The predicted octanol–water partition coefficient (Wildman–Crippen LogP) is 5.21. The molecular weight excluding hydrogens is 399 g/mol. The van der Waals surface area contributed by atoms with Crippen molar-refractivity contribution in [3.8, 4) is 17.6 Å². The molecule has 26 heavy (non-hydrogen) atoms. The van der Waals surface area contributed by atoms with Crippen LogP contribution in [-0.4, -0.2) is 20.1 Å². The van der Waals surface area contributed by atoms with Crippen LogP contribution in [0.5, 0.6) is 11.5 Å². The largest absolute Gasteiger partial charge is 0.493 e. The first-order valence-electron chi connectivity index (χ1n) is 7.18. The number of halogens is 3. The van der Waals surface area contributed by atoms with Gasteiger partial charge >= 0.3 is 0 Å². The molecule has 0 saturated carbocycles. The van der Waals surface area contributed by atoms with Crippen molar-refractivity contribution >= 4 is 52.5 Å². The first kappa shape index (κ1) is 19.9. The lowest BCUT2D eigenvalue weighted by Crippen LogP contribution is -2.13. The minimum absolute atomic E-state index is 0.135. The van der Waals surface area contributed by atoms with Gasteiger partial charge in [0, 0.05) is 15.7 Å². The Hall–Kier alpha value is -2.39. The smallest absolute Gasteiger partial charge is 0.266 e. The van der Waals surface area contributed by atoms with Crippen LogP contribution < -0.4 is 14.8 Å². The number of hydrogen-bond donors (Lipinski definition) is 1. The van der Waals surface area contributed by atoms with E-state index in [0.29, 0.717) is 32.8 Å². The summed E-state index contributed by atoms with van der Waals surface area (Å²) in [4.78, 5) is 12.4. The maximum Gasteiger partial charge on any atom is 0.266 e. The maximum absolute atomic E-state index is 12.4. The summed E-state index contributed by atoms with van der Waals surface area (Å²) in [5.74, 6) is 0.130. The molecule has 1 N–H and O–H groups in total. The quantitative estimate of drug-likeness (QED) is 0.541. The molecule has 1 amide bonds. The second kappa shape index (κ2) is 8.81. The minimum Gasteiger partial charge on any atom is -0.493 e. The number of nitrogens with one attached hydrogen (secondary N) is 1. The number of benzene rings is 2. The number of nitriles is 1. The Morgan fingerprint density at radius 1 is 1.08 bits per heavy atom. The third-order valence-electron chi connectivity index (χ3n) is 3.25. The van der Waals surface area contributed by atoms with E-state index in [1.165, 1.54) is 38.5 Å². The van der Waals surface area contributed by atoms with E-state index in [9.17, 15) is 10.1 Å². The van der Waals surface area contributed by atoms with Crippen LogP contribution in [-0.2, 0) is 4.79 Å². The Kier molecular flexibility index (Phi) is 6.76. The Morgan fingerprint density at radius 3 is 2.27 bits per heavy atom. The molecule has 0 bridgehead atoms. The molecule has 0 saturated heterocycles. The average molecular weight is 412 g/mol. The molecule has 8 heteroatoms. The Morgan fingerprint density at radius 2 is 1.73 bits per heavy atom. The molecule has 0 atom stereocenters. The molecule has 0 radical (unpaired) electrons. The van der Waals surface area contributed by atoms with E-state index in [1.807, 2.05) is 6.07 Å². The van der Waals surface area contributed by atoms with Gasteiger partial charge in [-0.2, -0.15) is 5.26 Å². The number of nitrogens with zero attached hydrogens (tertiary/aromatic N) is 1. The maximum atomic E-state index is 12.4. The van der Waals surface area contributed by atoms with Gasteiger partial charge in [0.1, 0.15) is 11.6 Å². The Labute approximate surface area is 165 Å². The summed E-state index contributed by atoms with van der Waals surface area (Å²) in [6.07, 6.45) is 1.38. The van der Waals surface area contributed by atoms with E-state index in [2.05, 4.69) is 5.32 Å². The van der Waals surface area contributed by atoms with Crippen molar-refractivity contribution in [2.24, 2.45) is 0 Å². The van der Waals surface area contributed by atoms with Gasteiger partial charge in [0.2, 0.25) is 0 Å². The van der Waals surface area contributed by atoms with Crippen LogP contribution in [0.3, 0.4) is 0 Å². The molecule has 0 heterocycles. The van der Waals surface area contributed by atoms with Crippen molar-refractivity contribution in [1.29, 1.82) is 5.26 Å². The van der Waals surface area contributed by atoms with Gasteiger partial charge in [0.15, 0.2) is 11.5 Å². The number of anilines is 1. The van der Waals surface area contributed by atoms with Crippen molar-refractivity contribution in [1.82, 2.24) is 0 Å². The highest BCUT2D eigenvalue weighted by molar-refractivity contribution is 6.35. The van der Waals surface area contributed by atoms with E-state index in [-0.39, 0.29) is 10.6 Å². The molecule has 2 aromatic carbocycles. The van der Waals surface area contributed by atoms with E-state index in [1.54, 1.807) is 12.1 Å². The zero-order chi connectivity index (χ0) is 19.3. The summed E-state index contributed by atoms with van der Waals surface area (Å²) in [5, 5.41) is 12.9. The van der Waals surface area contributed by atoms with Crippen LogP contribution in [0.15, 0.2) is 35.9 Å². The number of carbonyl (C=O) groups excluding carboxylic acids is 1. The number of carbonyl (C=O) groups is 1. The fourth-order valence-electron chi connectivity index (χ4n) is 2.16. The molecule has 2 rings (SSSR count). The molecule has 0 spiro atoms.